The minimum Gasteiger partial charge on any atom is -0.407 e. The minimum absolute atomic E-state index is 0.278. The van der Waals surface area contributed by atoms with Crippen molar-refractivity contribution in [2.75, 3.05) is 0 Å². The van der Waals surface area contributed by atoms with Gasteiger partial charge in [-0.1, -0.05) is 30.3 Å². The lowest BCUT2D eigenvalue weighted by atomic mass is 10.2. The molecule has 3 heteroatoms. The summed E-state index contributed by atoms with van der Waals surface area (Å²) < 4.78 is 11.1. The molecule has 0 unspecified atom stereocenters. The van der Waals surface area contributed by atoms with E-state index in [9.17, 15) is 0 Å². The minimum atomic E-state index is 0.278. The Morgan fingerprint density at radius 2 is 1.71 bits per heavy atom. The van der Waals surface area contributed by atoms with Gasteiger partial charge in [0.15, 0.2) is 11.2 Å². The van der Waals surface area contributed by atoms with Crippen LogP contribution in [-0.2, 0) is 0 Å². The second-order valence-corrected chi connectivity index (χ2v) is 3.82. The quantitative estimate of drug-likeness (QED) is 0.635. The lowest BCUT2D eigenvalue weighted by Gasteiger charge is -1.88. The first-order chi connectivity index (χ1) is 8.33. The molecule has 0 bridgehead atoms. The average Bonchev–Trinajstić information content (AvgIpc) is 2.74. The standard InChI is InChI=1S/C14H11NO2/c1-10-6-5-9-12-13(10)17-14(16-12)15-11-7-3-2-4-8-11/h2-9H,1H3. The number of rotatable bonds is 1. The third-order valence-electron chi connectivity index (χ3n) is 2.54. The van der Waals surface area contributed by atoms with Gasteiger partial charge in [0.05, 0.1) is 5.69 Å². The molecule has 0 saturated carbocycles. The van der Waals surface area contributed by atoms with Gasteiger partial charge in [0.25, 0.3) is 0 Å². The Labute approximate surface area is 98.0 Å². The summed E-state index contributed by atoms with van der Waals surface area (Å²) in [6.45, 7) is 1.98. The molecule has 2 aromatic carbocycles. The summed E-state index contributed by atoms with van der Waals surface area (Å²) in [4.78, 5) is 4.29. The second kappa shape index (κ2) is 3.94. The maximum absolute atomic E-state index is 5.57. The van der Waals surface area contributed by atoms with E-state index >= 15 is 0 Å². The molecule has 1 heterocycles. The van der Waals surface area contributed by atoms with Gasteiger partial charge in [0.1, 0.15) is 0 Å². The van der Waals surface area contributed by atoms with E-state index < -0.39 is 0 Å². The van der Waals surface area contributed by atoms with Crippen LogP contribution in [0.4, 0.5) is 5.69 Å². The van der Waals surface area contributed by atoms with E-state index in [0.717, 1.165) is 22.4 Å². The fraction of sp³-hybridized carbons (Fsp3) is 0.0714. The number of para-hydroxylation sites is 2. The van der Waals surface area contributed by atoms with Crippen molar-refractivity contribution in [1.82, 2.24) is 0 Å². The molecule has 0 atom stereocenters. The van der Waals surface area contributed by atoms with E-state index in [1.807, 2.05) is 55.5 Å². The van der Waals surface area contributed by atoms with Crippen molar-refractivity contribution in [3.63, 3.8) is 0 Å². The molecule has 0 amide bonds. The van der Waals surface area contributed by atoms with E-state index in [4.69, 9.17) is 8.83 Å². The van der Waals surface area contributed by atoms with E-state index in [2.05, 4.69) is 4.99 Å². The number of nitrogens with zero attached hydrogens (tertiary/aromatic N) is 1. The maximum atomic E-state index is 5.57. The first-order valence-electron chi connectivity index (χ1n) is 5.42. The zero-order valence-electron chi connectivity index (χ0n) is 9.38. The topological polar surface area (TPSA) is 38.6 Å². The fourth-order valence-corrected chi connectivity index (χ4v) is 1.69. The van der Waals surface area contributed by atoms with Gasteiger partial charge in [-0.25, -0.2) is 0 Å². The van der Waals surface area contributed by atoms with Gasteiger partial charge in [-0.2, -0.15) is 4.99 Å². The fourth-order valence-electron chi connectivity index (χ4n) is 1.69. The van der Waals surface area contributed by atoms with Crippen LogP contribution in [-0.4, -0.2) is 0 Å². The molecule has 3 nitrogen and oxygen atoms in total. The molecule has 3 aromatic rings. The molecule has 0 N–H and O–H groups in total. The molecule has 0 aliphatic rings. The van der Waals surface area contributed by atoms with Gasteiger partial charge in [-0.15, -0.1) is 0 Å². The Bertz CT molecular complexity index is 708. The number of hydrogen-bond acceptors (Lipinski definition) is 3. The van der Waals surface area contributed by atoms with Gasteiger partial charge in [0, 0.05) is 0 Å². The van der Waals surface area contributed by atoms with Crippen molar-refractivity contribution < 1.29 is 8.83 Å². The molecule has 0 radical (unpaired) electrons. The first kappa shape index (κ1) is 9.90. The van der Waals surface area contributed by atoms with Crippen LogP contribution < -0.4 is 5.75 Å². The largest absolute Gasteiger partial charge is 0.407 e. The highest BCUT2D eigenvalue weighted by Crippen LogP contribution is 2.17. The SMILES string of the molecule is Cc1cccc2oc(=Nc3ccccc3)oc12. The monoisotopic (exact) mass is 225 g/mol. The van der Waals surface area contributed by atoms with Gasteiger partial charge >= 0.3 is 5.75 Å². The third kappa shape index (κ3) is 1.87. The molecule has 0 fully saturated rings. The highest BCUT2D eigenvalue weighted by molar-refractivity contribution is 5.73. The predicted molar refractivity (Wildman–Crippen MR) is 64.9 cm³/mol. The Morgan fingerprint density at radius 1 is 0.882 bits per heavy atom. The van der Waals surface area contributed by atoms with E-state index in [0.29, 0.717) is 0 Å². The van der Waals surface area contributed by atoms with Crippen LogP contribution in [0.3, 0.4) is 0 Å². The van der Waals surface area contributed by atoms with Crippen LogP contribution in [0.2, 0.25) is 0 Å². The Kier molecular flexibility index (Phi) is 2.29. The predicted octanol–water partition coefficient (Wildman–Crippen LogP) is 3.57. The van der Waals surface area contributed by atoms with Crippen LogP contribution in [0.25, 0.3) is 11.2 Å². The van der Waals surface area contributed by atoms with Gasteiger partial charge < -0.3 is 8.83 Å². The van der Waals surface area contributed by atoms with Crippen molar-refractivity contribution in [2.24, 2.45) is 4.99 Å². The zero-order valence-corrected chi connectivity index (χ0v) is 9.38. The molecule has 0 aliphatic carbocycles. The lowest BCUT2D eigenvalue weighted by molar-refractivity contribution is 0.391. The summed E-state index contributed by atoms with van der Waals surface area (Å²) in [5, 5.41) is 0. The molecule has 3 rings (SSSR count). The van der Waals surface area contributed by atoms with Crippen LogP contribution in [0.1, 0.15) is 5.56 Å². The highest BCUT2D eigenvalue weighted by Gasteiger charge is 2.04. The smallest absolute Gasteiger partial charge is 0.400 e. The normalized spacial score (nSPS) is 12.2. The van der Waals surface area contributed by atoms with E-state index in [1.54, 1.807) is 0 Å². The summed E-state index contributed by atoms with van der Waals surface area (Å²) >= 11 is 0. The van der Waals surface area contributed by atoms with Gasteiger partial charge in [0.2, 0.25) is 0 Å². The Morgan fingerprint density at radius 3 is 2.47 bits per heavy atom. The first-order valence-corrected chi connectivity index (χ1v) is 5.42. The number of fused-ring (bicyclic) bond motifs is 1. The van der Waals surface area contributed by atoms with Crippen molar-refractivity contribution in [2.45, 2.75) is 6.92 Å². The van der Waals surface area contributed by atoms with E-state index in [1.165, 1.54) is 0 Å². The molecule has 84 valence electrons. The molecule has 0 aliphatic heterocycles. The van der Waals surface area contributed by atoms with Crippen LogP contribution in [0.5, 0.6) is 0 Å². The molecule has 1 aromatic heterocycles. The van der Waals surface area contributed by atoms with Crippen molar-refractivity contribution >= 4 is 16.9 Å². The lowest BCUT2D eigenvalue weighted by Crippen LogP contribution is -1.91. The highest BCUT2D eigenvalue weighted by atomic mass is 16.5. The van der Waals surface area contributed by atoms with Crippen LogP contribution >= 0.6 is 0 Å². The molecule has 17 heavy (non-hydrogen) atoms. The molecule has 0 saturated heterocycles. The molecular weight excluding hydrogens is 214 g/mol. The summed E-state index contributed by atoms with van der Waals surface area (Å²) in [5.41, 5.74) is 3.33. The summed E-state index contributed by atoms with van der Waals surface area (Å²) in [6.07, 6.45) is 0. The van der Waals surface area contributed by atoms with Gasteiger partial charge in [-0.3, -0.25) is 0 Å². The summed E-state index contributed by atoms with van der Waals surface area (Å²) in [7, 11) is 0. The zero-order chi connectivity index (χ0) is 11.7. The number of hydrogen-bond donors (Lipinski definition) is 0. The number of benzene rings is 2. The molecular formula is C14H11NO2. The second-order valence-electron chi connectivity index (χ2n) is 3.82. The van der Waals surface area contributed by atoms with Crippen molar-refractivity contribution in [1.29, 1.82) is 0 Å². The van der Waals surface area contributed by atoms with Gasteiger partial charge in [-0.05, 0) is 30.7 Å². The number of aryl methyl sites for hydroxylation is 1. The van der Waals surface area contributed by atoms with Crippen molar-refractivity contribution in [3.05, 3.63) is 59.8 Å². The van der Waals surface area contributed by atoms with Crippen LogP contribution in [0.15, 0.2) is 62.4 Å². The Balaban J connectivity index is 2.19. The summed E-state index contributed by atoms with van der Waals surface area (Å²) in [6, 6.07) is 15.4. The van der Waals surface area contributed by atoms with Crippen molar-refractivity contribution in [3.8, 4) is 0 Å². The molecule has 0 spiro atoms. The average molecular weight is 225 g/mol. The van der Waals surface area contributed by atoms with Crippen LogP contribution in [0, 0.1) is 6.92 Å². The van der Waals surface area contributed by atoms with E-state index in [-0.39, 0.29) is 5.75 Å². The summed E-state index contributed by atoms with van der Waals surface area (Å²) in [5.74, 6) is 0.278. The Hall–Kier alpha value is -2.29. The maximum Gasteiger partial charge on any atom is 0.400 e. The third-order valence-corrected chi connectivity index (χ3v) is 2.54.